The van der Waals surface area contributed by atoms with Gasteiger partial charge in [0, 0.05) is 85.3 Å². The molecular weight excluding hydrogens is 1550 g/mol. The zero-order chi connectivity index (χ0) is 90.3. The first-order valence-corrected chi connectivity index (χ1v) is 45.5. The molecule has 0 radical (unpaired) electrons. The average Bonchev–Trinajstić information content (AvgIpc) is 0.811. The molecule has 0 aliphatic carbocycles. The Balaban J connectivity index is 0.000000154. The van der Waals surface area contributed by atoms with Crippen LogP contribution < -0.4 is 38.7 Å². The summed E-state index contributed by atoms with van der Waals surface area (Å²) in [5.74, 6) is 5.50. The van der Waals surface area contributed by atoms with Gasteiger partial charge in [0.25, 0.3) is 0 Å². The lowest BCUT2D eigenvalue weighted by molar-refractivity contribution is 0.414. The molecule has 0 N–H and O–H groups in total. The number of methoxy groups -OCH3 is 3. The predicted octanol–water partition coefficient (Wildman–Crippen LogP) is 35.2. The minimum absolute atomic E-state index is 0.564. The molecule has 8 nitrogen and oxygen atoms in total. The largest absolute Gasteiger partial charge is 0.497 e. The summed E-state index contributed by atoms with van der Waals surface area (Å²) in [6, 6.07) is 132. The molecular formula is C119H133N5O3. The first-order valence-electron chi connectivity index (χ1n) is 45.5. The number of benzene rings is 15. The second kappa shape index (κ2) is 47.1. The molecule has 5 unspecified atom stereocenters. The van der Waals surface area contributed by atoms with E-state index in [9.17, 15) is 0 Å². The second-order valence-corrected chi connectivity index (χ2v) is 33.6. The van der Waals surface area contributed by atoms with Crippen molar-refractivity contribution in [3.63, 3.8) is 0 Å². The number of anilines is 15. The van der Waals surface area contributed by atoms with Crippen LogP contribution in [0.15, 0.2) is 370 Å². The minimum atomic E-state index is 0.564. The third-order valence-corrected chi connectivity index (χ3v) is 24.5. The van der Waals surface area contributed by atoms with Crippen LogP contribution in [0.2, 0.25) is 0 Å². The Bertz CT molecular complexity index is 5580. The van der Waals surface area contributed by atoms with E-state index in [2.05, 4.69) is 463 Å². The Morgan fingerprint density at radius 2 is 0.354 bits per heavy atom. The van der Waals surface area contributed by atoms with E-state index in [1.807, 2.05) is 42.5 Å². The summed E-state index contributed by atoms with van der Waals surface area (Å²) in [5, 5.41) is 0. The van der Waals surface area contributed by atoms with Crippen molar-refractivity contribution in [1.82, 2.24) is 0 Å². The van der Waals surface area contributed by atoms with Crippen molar-refractivity contribution in [3.05, 3.63) is 431 Å². The maximum atomic E-state index is 5.31. The van der Waals surface area contributed by atoms with Crippen molar-refractivity contribution in [2.75, 3.05) is 45.8 Å². The minimum Gasteiger partial charge on any atom is -0.497 e. The van der Waals surface area contributed by atoms with E-state index in [1.54, 1.807) is 21.3 Å². The van der Waals surface area contributed by atoms with Gasteiger partial charge in [0.1, 0.15) is 17.2 Å². The highest BCUT2D eigenvalue weighted by Gasteiger charge is 2.21. The molecule has 0 bridgehead atoms. The molecule has 652 valence electrons. The molecule has 0 saturated carbocycles. The van der Waals surface area contributed by atoms with Crippen LogP contribution in [0.25, 0.3) is 0 Å². The van der Waals surface area contributed by atoms with Crippen molar-refractivity contribution >= 4 is 85.3 Å². The van der Waals surface area contributed by atoms with Crippen molar-refractivity contribution in [2.24, 2.45) is 0 Å². The van der Waals surface area contributed by atoms with Gasteiger partial charge in [-0.2, -0.15) is 0 Å². The molecule has 0 aromatic heterocycles. The van der Waals surface area contributed by atoms with Gasteiger partial charge in [0.05, 0.1) is 21.3 Å². The van der Waals surface area contributed by atoms with Gasteiger partial charge < -0.3 is 38.7 Å². The van der Waals surface area contributed by atoms with Gasteiger partial charge in [-0.05, 0) is 349 Å². The molecule has 0 spiro atoms. The number of ether oxygens (including phenoxy) is 3. The molecule has 0 fully saturated rings. The monoisotopic (exact) mass is 1680 g/mol. The topological polar surface area (TPSA) is 43.9 Å². The van der Waals surface area contributed by atoms with Gasteiger partial charge in [-0.25, -0.2) is 0 Å². The van der Waals surface area contributed by atoms with E-state index in [0.717, 1.165) is 64.2 Å². The quantitative estimate of drug-likeness (QED) is 0.0481. The van der Waals surface area contributed by atoms with Crippen LogP contribution in [0.4, 0.5) is 85.3 Å². The molecule has 15 aromatic carbocycles. The van der Waals surface area contributed by atoms with Crippen molar-refractivity contribution in [3.8, 4) is 17.2 Å². The lowest BCUT2D eigenvalue weighted by Gasteiger charge is -2.28. The highest BCUT2D eigenvalue weighted by atomic mass is 16.5. The Kier molecular flexibility index (Phi) is 35.0. The van der Waals surface area contributed by atoms with Crippen molar-refractivity contribution in [2.45, 2.75) is 172 Å². The summed E-state index contributed by atoms with van der Waals surface area (Å²) < 4.78 is 15.9. The van der Waals surface area contributed by atoms with E-state index in [1.165, 1.54) is 132 Å². The molecule has 5 atom stereocenters. The van der Waals surface area contributed by atoms with E-state index in [4.69, 9.17) is 14.2 Å². The first kappa shape index (κ1) is 94.4. The fourth-order valence-corrected chi connectivity index (χ4v) is 15.3. The lowest BCUT2D eigenvalue weighted by atomic mass is 9.96. The Labute approximate surface area is 761 Å². The molecule has 0 saturated heterocycles. The molecule has 15 aromatic rings. The molecule has 0 amide bonds. The lowest BCUT2D eigenvalue weighted by Crippen LogP contribution is -2.11. The smallest absolute Gasteiger partial charge is 0.119 e. The molecule has 8 heteroatoms. The average molecular weight is 1680 g/mol. The molecule has 0 aliphatic heterocycles. The molecule has 15 rings (SSSR count). The highest BCUT2D eigenvalue weighted by Crippen LogP contribution is 2.43. The van der Waals surface area contributed by atoms with Crippen molar-refractivity contribution < 1.29 is 14.2 Å². The van der Waals surface area contributed by atoms with Gasteiger partial charge in [0.15, 0.2) is 0 Å². The fourth-order valence-electron chi connectivity index (χ4n) is 15.3. The Morgan fingerprint density at radius 3 is 0.543 bits per heavy atom. The van der Waals surface area contributed by atoms with E-state index >= 15 is 0 Å². The van der Waals surface area contributed by atoms with Crippen LogP contribution >= 0.6 is 0 Å². The van der Waals surface area contributed by atoms with Crippen molar-refractivity contribution in [1.29, 1.82) is 0 Å². The number of para-hydroxylation sites is 2. The fraction of sp³-hybridized carbons (Fsp3) is 0.244. The summed E-state index contributed by atoms with van der Waals surface area (Å²) in [6.45, 7) is 35.4. The summed E-state index contributed by atoms with van der Waals surface area (Å²) >= 11 is 0. The first-order chi connectivity index (χ1) is 61.6. The van der Waals surface area contributed by atoms with Gasteiger partial charge in [0.2, 0.25) is 0 Å². The predicted molar refractivity (Wildman–Crippen MR) is 547 cm³/mol. The van der Waals surface area contributed by atoms with Crippen LogP contribution in [-0.4, -0.2) is 21.3 Å². The SMILES string of the molecule is CCC(C)c1ccc(N(c2ccc(C)cc2)c2ccc(C)cc2)c(C)c1.CCC(C)c1ccc(N(c2ccc(C)cc2)c2ccc(C)cc2)cc1.CCC(C)c1ccc(N(c2ccc(OC)cc2)c2ccc(OC)cc2)cc1.CCC(C)c1ccc(N(c2ccccc2)c2ccc(C)cc2)cc1.CCC(C)c1ccc(N(c2ccccc2)c2ccc(OC)cc2)cc1. The molecule has 0 aliphatic rings. The van der Waals surface area contributed by atoms with Gasteiger partial charge in [-0.3, -0.25) is 0 Å². The van der Waals surface area contributed by atoms with E-state index < -0.39 is 0 Å². The number of nitrogens with zero attached hydrogens (tertiary/aromatic N) is 5. The zero-order valence-corrected chi connectivity index (χ0v) is 78.6. The number of hydrogen-bond donors (Lipinski definition) is 0. The maximum Gasteiger partial charge on any atom is 0.119 e. The highest BCUT2D eigenvalue weighted by molar-refractivity contribution is 5.82. The van der Waals surface area contributed by atoms with Crippen LogP contribution in [-0.2, 0) is 0 Å². The van der Waals surface area contributed by atoms with E-state index in [-0.39, 0.29) is 0 Å². The third-order valence-electron chi connectivity index (χ3n) is 24.5. The van der Waals surface area contributed by atoms with Crippen LogP contribution in [0.5, 0.6) is 17.2 Å². The van der Waals surface area contributed by atoms with Crippen LogP contribution in [0, 0.1) is 41.5 Å². The molecule has 0 heterocycles. The Hall–Kier alpha value is -13.3. The van der Waals surface area contributed by atoms with Gasteiger partial charge >= 0.3 is 0 Å². The van der Waals surface area contributed by atoms with Crippen LogP contribution in [0.1, 0.15) is 192 Å². The number of rotatable bonds is 28. The Morgan fingerprint density at radius 1 is 0.189 bits per heavy atom. The summed E-state index contributed by atoms with van der Waals surface area (Å²) in [5.41, 5.74) is 32.1. The zero-order valence-electron chi connectivity index (χ0n) is 78.6. The summed E-state index contributed by atoms with van der Waals surface area (Å²) in [4.78, 5) is 11.5. The summed E-state index contributed by atoms with van der Waals surface area (Å²) in [6.07, 6.45) is 5.79. The third kappa shape index (κ3) is 25.7. The van der Waals surface area contributed by atoms with E-state index in [0.29, 0.717) is 29.6 Å². The van der Waals surface area contributed by atoms with Crippen LogP contribution in [0.3, 0.4) is 0 Å². The van der Waals surface area contributed by atoms with Gasteiger partial charge in [-0.1, -0.05) is 255 Å². The second-order valence-electron chi connectivity index (χ2n) is 33.6. The number of aryl methyl sites for hydroxylation is 6. The standard InChI is InChI=1S/C25H29N.C24H27NO2.C24H27N.C23H25NO.C23H25N/c1-6-20(4)22-11-16-25(21(5)17-22)26(23-12-7-18(2)8-13-23)24-14-9-19(3)10-15-24;1-5-18(2)19-6-8-20(9-7-19)25(21-10-14-23(26-3)15-11-21)22-12-16-24(27-4)17-13-22;1-5-20(4)21-10-16-24(17-11-21)25(22-12-6-18(2)7-13-22)23-14-8-19(3)9-15-23;1-4-18(2)19-10-12-21(13-11-19)24(20-8-6-5-7-9-20)22-14-16-23(25-3)17-15-22;1-4-19(3)20-12-16-23(17-13-20)24(21-8-6-5-7-9-21)22-14-10-18(2)11-15-22/h7-17,20H,6H2,1-5H3;6-18H,5H2,1-4H3;6-17,20H,5H2,1-4H3;5-18H,4H2,1-3H3;5-17,19H,4H2,1-3H3. The normalized spacial score (nSPS) is 11.9. The number of hydrogen-bond acceptors (Lipinski definition) is 8. The summed E-state index contributed by atoms with van der Waals surface area (Å²) in [7, 11) is 5.06. The molecule has 127 heavy (non-hydrogen) atoms. The maximum absolute atomic E-state index is 5.31. The van der Waals surface area contributed by atoms with Gasteiger partial charge in [-0.15, -0.1) is 0 Å².